The Hall–Kier alpha value is -2.32. The Balaban J connectivity index is 2.23. The lowest BCUT2D eigenvalue weighted by molar-refractivity contribution is 0.460. The van der Waals surface area contributed by atoms with Crippen molar-refractivity contribution in [3.8, 4) is 17.7 Å². The van der Waals surface area contributed by atoms with Crippen molar-refractivity contribution in [3.63, 3.8) is 0 Å². The highest BCUT2D eigenvalue weighted by atomic mass is 35.5. The monoisotopic (exact) mass is 246 g/mol. The number of benzene rings is 1. The van der Waals surface area contributed by atoms with Crippen molar-refractivity contribution < 1.29 is 4.74 Å². The van der Waals surface area contributed by atoms with Gasteiger partial charge in [0.15, 0.2) is 5.69 Å². The lowest BCUT2D eigenvalue weighted by atomic mass is 10.3. The molecule has 0 spiro atoms. The molecule has 1 heterocycles. The zero-order chi connectivity index (χ0) is 12.3. The number of halogens is 1. The van der Waals surface area contributed by atoms with Gasteiger partial charge in [-0.2, -0.15) is 5.26 Å². The highest BCUT2D eigenvalue weighted by Crippen LogP contribution is 2.29. The van der Waals surface area contributed by atoms with Crippen molar-refractivity contribution in [2.75, 3.05) is 5.73 Å². The molecule has 0 amide bonds. The van der Waals surface area contributed by atoms with E-state index in [0.717, 1.165) is 0 Å². The molecule has 0 aliphatic rings. The molecular weight excluding hydrogens is 240 g/mol. The number of rotatable bonds is 2. The lowest BCUT2D eigenvalue weighted by Gasteiger charge is -2.06. The first-order valence-electron chi connectivity index (χ1n) is 4.64. The van der Waals surface area contributed by atoms with Gasteiger partial charge < -0.3 is 10.5 Å². The summed E-state index contributed by atoms with van der Waals surface area (Å²) in [6.07, 6.45) is 2.67. The van der Waals surface area contributed by atoms with E-state index in [1.165, 1.54) is 12.4 Å². The van der Waals surface area contributed by atoms with Crippen LogP contribution in [-0.2, 0) is 0 Å². The summed E-state index contributed by atoms with van der Waals surface area (Å²) in [4.78, 5) is 7.74. The fourth-order valence-corrected chi connectivity index (χ4v) is 1.37. The van der Waals surface area contributed by atoms with E-state index in [1.807, 2.05) is 6.07 Å². The number of hydrogen-bond donors (Lipinski definition) is 1. The van der Waals surface area contributed by atoms with E-state index in [0.29, 0.717) is 16.5 Å². The number of nitrogens with zero attached hydrogens (tertiary/aromatic N) is 3. The van der Waals surface area contributed by atoms with Crippen molar-refractivity contribution in [3.05, 3.63) is 41.3 Å². The van der Waals surface area contributed by atoms with Crippen LogP contribution in [0.1, 0.15) is 5.69 Å². The molecule has 84 valence electrons. The SMILES string of the molecule is N#Cc1cnc(Oc2ccc(N)cc2Cl)cn1. The molecule has 0 atom stereocenters. The fourth-order valence-electron chi connectivity index (χ4n) is 1.14. The maximum atomic E-state index is 8.56. The Bertz CT molecular complexity index is 577. The fraction of sp³-hybridized carbons (Fsp3) is 0. The van der Waals surface area contributed by atoms with Crippen LogP contribution < -0.4 is 10.5 Å². The summed E-state index contributed by atoms with van der Waals surface area (Å²) in [6, 6.07) is 6.74. The van der Waals surface area contributed by atoms with Crippen LogP contribution >= 0.6 is 11.6 Å². The first kappa shape index (κ1) is 11.2. The van der Waals surface area contributed by atoms with E-state index in [4.69, 9.17) is 27.3 Å². The smallest absolute Gasteiger partial charge is 0.237 e. The molecule has 1 aromatic heterocycles. The van der Waals surface area contributed by atoms with Crippen molar-refractivity contribution >= 4 is 17.3 Å². The minimum Gasteiger partial charge on any atom is -0.436 e. The van der Waals surface area contributed by atoms with E-state index in [9.17, 15) is 0 Å². The second kappa shape index (κ2) is 4.68. The predicted molar refractivity (Wildman–Crippen MR) is 62.7 cm³/mol. The van der Waals surface area contributed by atoms with Gasteiger partial charge in [-0.3, -0.25) is 0 Å². The second-order valence-electron chi connectivity index (χ2n) is 3.14. The number of hydrogen-bond acceptors (Lipinski definition) is 5. The molecule has 2 rings (SSSR count). The van der Waals surface area contributed by atoms with Gasteiger partial charge in [0.05, 0.1) is 17.4 Å². The zero-order valence-corrected chi connectivity index (χ0v) is 9.35. The van der Waals surface area contributed by atoms with Gasteiger partial charge in [0.2, 0.25) is 5.88 Å². The van der Waals surface area contributed by atoms with Crippen LogP contribution in [0.25, 0.3) is 0 Å². The predicted octanol–water partition coefficient (Wildman–Crippen LogP) is 2.38. The Kier molecular flexibility index (Phi) is 3.08. The number of nitrogens with two attached hydrogens (primary N) is 1. The summed E-state index contributed by atoms with van der Waals surface area (Å²) in [6.45, 7) is 0. The topological polar surface area (TPSA) is 84.8 Å². The summed E-state index contributed by atoms with van der Waals surface area (Å²) in [5.41, 5.74) is 6.33. The highest BCUT2D eigenvalue weighted by Gasteiger charge is 2.05. The van der Waals surface area contributed by atoms with E-state index in [2.05, 4.69) is 9.97 Å². The molecule has 0 unspecified atom stereocenters. The second-order valence-corrected chi connectivity index (χ2v) is 3.55. The molecule has 0 saturated carbocycles. The molecule has 2 N–H and O–H groups in total. The van der Waals surface area contributed by atoms with Crippen LogP contribution in [0, 0.1) is 11.3 Å². The lowest BCUT2D eigenvalue weighted by Crippen LogP contribution is -1.92. The quantitative estimate of drug-likeness (QED) is 0.823. The molecule has 0 fully saturated rings. The molecule has 0 bridgehead atoms. The maximum absolute atomic E-state index is 8.56. The van der Waals surface area contributed by atoms with Gasteiger partial charge in [-0.25, -0.2) is 9.97 Å². The van der Waals surface area contributed by atoms with E-state index in [1.54, 1.807) is 18.2 Å². The van der Waals surface area contributed by atoms with Gasteiger partial charge in [0.1, 0.15) is 11.8 Å². The van der Waals surface area contributed by atoms with Crippen molar-refractivity contribution in [2.45, 2.75) is 0 Å². The molecular formula is C11H7ClN4O. The zero-order valence-electron chi connectivity index (χ0n) is 8.59. The normalized spacial score (nSPS) is 9.65. The van der Waals surface area contributed by atoms with Gasteiger partial charge in [-0.1, -0.05) is 11.6 Å². The first-order valence-corrected chi connectivity index (χ1v) is 5.02. The minimum absolute atomic E-state index is 0.223. The third kappa shape index (κ3) is 2.62. The third-order valence-electron chi connectivity index (χ3n) is 1.91. The van der Waals surface area contributed by atoms with Crippen molar-refractivity contribution in [1.82, 2.24) is 9.97 Å². The molecule has 1 aromatic carbocycles. The summed E-state index contributed by atoms with van der Waals surface area (Å²) in [5, 5.41) is 8.95. The molecule has 6 heteroatoms. The Morgan fingerprint density at radius 1 is 1.29 bits per heavy atom. The molecule has 0 radical (unpaired) electrons. The van der Waals surface area contributed by atoms with Gasteiger partial charge >= 0.3 is 0 Å². The van der Waals surface area contributed by atoms with Gasteiger partial charge in [0.25, 0.3) is 0 Å². The van der Waals surface area contributed by atoms with Gasteiger partial charge in [0, 0.05) is 5.69 Å². The minimum atomic E-state index is 0.223. The molecule has 5 nitrogen and oxygen atoms in total. The summed E-state index contributed by atoms with van der Waals surface area (Å²) >= 11 is 5.93. The van der Waals surface area contributed by atoms with Crippen molar-refractivity contribution in [2.24, 2.45) is 0 Å². The standard InChI is InChI=1S/C11H7ClN4O/c12-9-3-7(14)1-2-10(9)17-11-6-15-8(4-13)5-16-11/h1-3,5-6H,14H2. The molecule has 0 aliphatic carbocycles. The van der Waals surface area contributed by atoms with Crippen LogP contribution in [-0.4, -0.2) is 9.97 Å². The molecule has 0 aliphatic heterocycles. The first-order chi connectivity index (χ1) is 8.19. The van der Waals surface area contributed by atoms with Crippen LogP contribution in [0.15, 0.2) is 30.6 Å². The van der Waals surface area contributed by atoms with Gasteiger partial charge in [-0.05, 0) is 18.2 Å². The van der Waals surface area contributed by atoms with Crippen LogP contribution in [0.2, 0.25) is 5.02 Å². The number of nitriles is 1. The largest absolute Gasteiger partial charge is 0.436 e. The summed E-state index contributed by atoms with van der Waals surface area (Å²) < 4.78 is 5.39. The highest BCUT2D eigenvalue weighted by molar-refractivity contribution is 6.32. The average molecular weight is 247 g/mol. The number of aromatic nitrogens is 2. The Labute approximate surface area is 102 Å². The maximum Gasteiger partial charge on any atom is 0.237 e. The summed E-state index contributed by atoms with van der Waals surface area (Å²) in [7, 11) is 0. The van der Waals surface area contributed by atoms with Crippen LogP contribution in [0.4, 0.5) is 5.69 Å². The van der Waals surface area contributed by atoms with E-state index in [-0.39, 0.29) is 11.6 Å². The molecule has 0 saturated heterocycles. The number of ether oxygens (including phenoxy) is 1. The summed E-state index contributed by atoms with van der Waals surface area (Å²) in [5.74, 6) is 0.690. The number of anilines is 1. The van der Waals surface area contributed by atoms with Crippen LogP contribution in [0.5, 0.6) is 11.6 Å². The van der Waals surface area contributed by atoms with Crippen LogP contribution in [0.3, 0.4) is 0 Å². The molecule has 2 aromatic rings. The Morgan fingerprint density at radius 2 is 2.12 bits per heavy atom. The van der Waals surface area contributed by atoms with Gasteiger partial charge in [-0.15, -0.1) is 0 Å². The van der Waals surface area contributed by atoms with E-state index >= 15 is 0 Å². The number of nitrogen functional groups attached to an aromatic ring is 1. The third-order valence-corrected chi connectivity index (χ3v) is 2.21. The Morgan fingerprint density at radius 3 is 2.71 bits per heavy atom. The van der Waals surface area contributed by atoms with E-state index < -0.39 is 0 Å². The van der Waals surface area contributed by atoms with Crippen molar-refractivity contribution in [1.29, 1.82) is 5.26 Å². The average Bonchev–Trinajstić information content (AvgIpc) is 2.34. The molecule has 17 heavy (non-hydrogen) atoms.